The van der Waals surface area contributed by atoms with E-state index in [4.69, 9.17) is 9.47 Å². The van der Waals surface area contributed by atoms with Crippen LogP contribution in [0, 0.1) is 0 Å². The first-order chi connectivity index (χ1) is 16.1. The number of hydrogen-bond donors (Lipinski definition) is 1. The number of thioether (sulfide) groups is 1. The van der Waals surface area contributed by atoms with E-state index in [1.165, 1.54) is 11.8 Å². The zero-order valence-corrected chi connectivity index (χ0v) is 19.6. The van der Waals surface area contributed by atoms with Crippen LogP contribution in [0.1, 0.15) is 30.9 Å². The summed E-state index contributed by atoms with van der Waals surface area (Å²) in [6.07, 6.45) is 1.54. The molecule has 8 nitrogen and oxygen atoms in total. The summed E-state index contributed by atoms with van der Waals surface area (Å²) in [5, 5.41) is 3.38. The Morgan fingerprint density at radius 2 is 1.97 bits per heavy atom. The van der Waals surface area contributed by atoms with Crippen LogP contribution in [0.4, 0.5) is 5.69 Å². The molecule has 0 spiro atoms. The predicted molar refractivity (Wildman–Crippen MR) is 129 cm³/mol. The summed E-state index contributed by atoms with van der Waals surface area (Å²) in [6, 6.07) is 12.7. The van der Waals surface area contributed by atoms with Crippen LogP contribution in [-0.2, 0) is 16.1 Å². The second-order valence-corrected chi connectivity index (χ2v) is 8.50. The van der Waals surface area contributed by atoms with E-state index in [1.807, 2.05) is 43.3 Å². The van der Waals surface area contributed by atoms with Crippen LogP contribution >= 0.6 is 11.8 Å². The molecule has 1 N–H and O–H groups in total. The Kier molecular flexibility index (Phi) is 6.98. The number of aliphatic imine (C=N–C) groups is 2. The smallest absolute Gasteiger partial charge is 0.259 e. The summed E-state index contributed by atoms with van der Waals surface area (Å²) < 4.78 is 10.7. The lowest BCUT2D eigenvalue weighted by Crippen LogP contribution is -2.41. The summed E-state index contributed by atoms with van der Waals surface area (Å²) in [4.78, 5) is 36.5. The number of benzene rings is 2. The number of ether oxygens (including phenoxy) is 2. The first-order valence-corrected chi connectivity index (χ1v) is 11.7. The first-order valence-electron chi connectivity index (χ1n) is 10.8. The van der Waals surface area contributed by atoms with Gasteiger partial charge in [0.05, 0.1) is 25.7 Å². The third-order valence-electron chi connectivity index (χ3n) is 5.40. The number of amidine groups is 2. The van der Waals surface area contributed by atoms with Crippen LogP contribution in [0.5, 0.6) is 11.5 Å². The summed E-state index contributed by atoms with van der Waals surface area (Å²) in [7, 11) is 3.14. The molecule has 172 valence electrons. The minimum absolute atomic E-state index is 0.0888. The van der Waals surface area contributed by atoms with Crippen molar-refractivity contribution in [3.63, 3.8) is 0 Å². The molecule has 0 fully saturated rings. The van der Waals surface area contributed by atoms with Crippen LogP contribution in [0.25, 0.3) is 0 Å². The fourth-order valence-corrected chi connectivity index (χ4v) is 4.66. The van der Waals surface area contributed by atoms with Gasteiger partial charge in [0.1, 0.15) is 11.9 Å². The molecule has 0 saturated carbocycles. The number of methoxy groups -OCH3 is 2. The van der Waals surface area contributed by atoms with Gasteiger partial charge in [0.2, 0.25) is 5.91 Å². The Morgan fingerprint density at radius 1 is 1.15 bits per heavy atom. The third kappa shape index (κ3) is 4.59. The molecule has 0 aliphatic carbocycles. The minimum atomic E-state index is -0.406. The lowest BCUT2D eigenvalue weighted by molar-refractivity contribution is -0.124. The van der Waals surface area contributed by atoms with Gasteiger partial charge in [0.15, 0.2) is 16.7 Å². The molecule has 0 radical (unpaired) electrons. The second kappa shape index (κ2) is 10.1. The molecule has 0 aromatic heterocycles. The Hall–Kier alpha value is -3.33. The summed E-state index contributed by atoms with van der Waals surface area (Å²) in [6.45, 7) is 2.33. The molecule has 2 aromatic carbocycles. The number of fused-ring (bicyclic) bond motifs is 3. The van der Waals surface area contributed by atoms with E-state index in [0.29, 0.717) is 35.5 Å². The van der Waals surface area contributed by atoms with Gasteiger partial charge in [0.25, 0.3) is 5.91 Å². The van der Waals surface area contributed by atoms with Crippen LogP contribution in [-0.4, -0.2) is 53.7 Å². The standard InChI is InChI=1S/C24H26N4O4S/c1-4-8-18-23(30)28-22(26-18)16-10-5-6-11-17(16)27-24(28)33-14-20(29)25-13-15-9-7-12-19(31-2)21(15)32-3/h5-7,9-12,18H,4,8,13-14H2,1-3H3,(H,25,29). The lowest BCUT2D eigenvalue weighted by Gasteiger charge is -2.25. The third-order valence-corrected chi connectivity index (χ3v) is 6.34. The molecule has 1 atom stereocenters. The molecule has 0 saturated heterocycles. The van der Waals surface area contributed by atoms with Gasteiger partial charge in [0, 0.05) is 17.7 Å². The number of rotatable bonds is 8. The van der Waals surface area contributed by atoms with E-state index in [1.54, 1.807) is 25.2 Å². The average Bonchev–Trinajstić information content (AvgIpc) is 3.17. The maximum Gasteiger partial charge on any atom is 0.259 e. The highest BCUT2D eigenvalue weighted by Crippen LogP contribution is 2.34. The van der Waals surface area contributed by atoms with Crippen molar-refractivity contribution in [3.05, 3.63) is 53.6 Å². The largest absolute Gasteiger partial charge is 0.493 e. The number of nitrogens with zero attached hydrogens (tertiary/aromatic N) is 3. The highest BCUT2D eigenvalue weighted by molar-refractivity contribution is 8.14. The maximum absolute atomic E-state index is 13.0. The molecule has 2 amide bonds. The molecule has 2 aromatic rings. The quantitative estimate of drug-likeness (QED) is 0.643. The van der Waals surface area contributed by atoms with E-state index in [9.17, 15) is 9.59 Å². The summed E-state index contributed by atoms with van der Waals surface area (Å²) in [5.41, 5.74) is 2.40. The highest BCUT2D eigenvalue weighted by Gasteiger charge is 2.40. The van der Waals surface area contributed by atoms with Gasteiger partial charge in [-0.05, 0) is 24.6 Å². The number of carbonyl (C=O) groups is 2. The van der Waals surface area contributed by atoms with Gasteiger partial charge in [-0.2, -0.15) is 0 Å². The molecule has 2 aliphatic rings. The van der Waals surface area contributed by atoms with Crippen LogP contribution in [0.3, 0.4) is 0 Å². The Balaban J connectivity index is 1.46. The van der Waals surface area contributed by atoms with Crippen molar-refractivity contribution >= 4 is 40.3 Å². The first kappa shape index (κ1) is 22.8. The number of amides is 2. The van der Waals surface area contributed by atoms with Gasteiger partial charge in [-0.15, -0.1) is 0 Å². The van der Waals surface area contributed by atoms with Crippen molar-refractivity contribution in [2.75, 3.05) is 20.0 Å². The lowest BCUT2D eigenvalue weighted by atomic mass is 10.1. The second-order valence-electron chi connectivity index (χ2n) is 7.56. The maximum atomic E-state index is 13.0. The average molecular weight is 467 g/mol. The van der Waals surface area contributed by atoms with Crippen LogP contribution < -0.4 is 14.8 Å². The summed E-state index contributed by atoms with van der Waals surface area (Å²) in [5.74, 6) is 1.66. The number of carbonyl (C=O) groups excluding carboxylic acids is 2. The van der Waals surface area contributed by atoms with Crippen molar-refractivity contribution < 1.29 is 19.1 Å². The molecule has 2 heterocycles. The molecule has 0 bridgehead atoms. The molecular formula is C24H26N4O4S. The van der Waals surface area contributed by atoms with Crippen molar-refractivity contribution in [3.8, 4) is 11.5 Å². The van der Waals surface area contributed by atoms with E-state index >= 15 is 0 Å². The SMILES string of the molecule is CCCC1N=C2c3ccccc3N=C(SCC(=O)NCc3cccc(OC)c3OC)N2C1=O. The van der Waals surface area contributed by atoms with E-state index in [-0.39, 0.29) is 17.6 Å². The van der Waals surface area contributed by atoms with Gasteiger partial charge in [-0.25, -0.2) is 9.89 Å². The molecule has 2 aliphatic heterocycles. The topological polar surface area (TPSA) is 92.6 Å². The molecular weight excluding hydrogens is 440 g/mol. The highest BCUT2D eigenvalue weighted by atomic mass is 32.2. The van der Waals surface area contributed by atoms with Crippen molar-refractivity contribution in [1.82, 2.24) is 10.2 Å². The van der Waals surface area contributed by atoms with Crippen LogP contribution in [0.2, 0.25) is 0 Å². The molecule has 4 rings (SSSR count). The number of hydrogen-bond acceptors (Lipinski definition) is 7. The van der Waals surface area contributed by atoms with Crippen molar-refractivity contribution in [1.29, 1.82) is 0 Å². The summed E-state index contributed by atoms with van der Waals surface area (Å²) >= 11 is 1.23. The van der Waals surface area contributed by atoms with E-state index in [2.05, 4.69) is 15.3 Å². The zero-order valence-electron chi connectivity index (χ0n) is 18.8. The van der Waals surface area contributed by atoms with Gasteiger partial charge in [-0.3, -0.25) is 14.6 Å². The minimum Gasteiger partial charge on any atom is -0.493 e. The Bertz CT molecular complexity index is 1130. The Labute approximate surface area is 197 Å². The molecule has 9 heteroatoms. The molecule has 33 heavy (non-hydrogen) atoms. The van der Waals surface area contributed by atoms with Crippen molar-refractivity contribution in [2.45, 2.75) is 32.4 Å². The fraction of sp³-hybridized carbons (Fsp3) is 0.333. The Morgan fingerprint density at radius 3 is 2.73 bits per heavy atom. The monoisotopic (exact) mass is 466 g/mol. The fourth-order valence-electron chi connectivity index (χ4n) is 3.83. The van der Waals surface area contributed by atoms with Crippen molar-refractivity contribution in [2.24, 2.45) is 9.98 Å². The zero-order chi connectivity index (χ0) is 23.4. The van der Waals surface area contributed by atoms with Crippen LogP contribution in [0.15, 0.2) is 52.4 Å². The number of para-hydroxylation sites is 2. The van der Waals surface area contributed by atoms with E-state index in [0.717, 1.165) is 23.2 Å². The normalized spacial score (nSPS) is 16.5. The van der Waals surface area contributed by atoms with Gasteiger partial charge >= 0.3 is 0 Å². The number of nitrogens with one attached hydrogen (secondary N) is 1. The molecule has 1 unspecified atom stereocenters. The predicted octanol–water partition coefficient (Wildman–Crippen LogP) is 3.51. The van der Waals surface area contributed by atoms with Gasteiger partial charge in [-0.1, -0.05) is 49.4 Å². The van der Waals surface area contributed by atoms with E-state index < -0.39 is 6.04 Å². The van der Waals surface area contributed by atoms with Gasteiger partial charge < -0.3 is 14.8 Å².